The van der Waals surface area contributed by atoms with Gasteiger partial charge in [0.25, 0.3) is 0 Å². The number of nitrogens with one attached hydrogen (secondary N) is 2. The van der Waals surface area contributed by atoms with Gasteiger partial charge in [-0.05, 0) is 12.0 Å². The van der Waals surface area contributed by atoms with Crippen LogP contribution < -0.4 is 10.6 Å². The Morgan fingerprint density at radius 3 is 2.38 bits per heavy atom. The van der Waals surface area contributed by atoms with E-state index >= 15 is 0 Å². The molecule has 0 bridgehead atoms. The zero-order chi connectivity index (χ0) is 19.4. The number of amides is 2. The van der Waals surface area contributed by atoms with E-state index < -0.39 is 36.7 Å². The summed E-state index contributed by atoms with van der Waals surface area (Å²) in [7, 11) is 1.16. The van der Waals surface area contributed by atoms with Crippen LogP contribution in [0, 0.1) is 0 Å². The minimum Gasteiger partial charge on any atom is -0.467 e. The summed E-state index contributed by atoms with van der Waals surface area (Å²) in [6.07, 6.45) is 1.16. The maximum absolute atomic E-state index is 12.3. The quantitative estimate of drug-likeness (QED) is 0.535. The maximum atomic E-state index is 12.3. The Bertz CT molecular complexity index is 578. The molecule has 26 heavy (non-hydrogen) atoms. The molecule has 0 saturated carbocycles. The fraction of sp³-hybridized carbons (Fsp3) is 0.500. The number of ether oxygens (including phenoxy) is 2. The predicted molar refractivity (Wildman–Crippen MR) is 94.1 cm³/mol. The van der Waals surface area contributed by atoms with E-state index in [-0.39, 0.29) is 6.61 Å². The Morgan fingerprint density at radius 2 is 1.81 bits per heavy atom. The second-order valence-corrected chi connectivity index (χ2v) is 5.67. The van der Waals surface area contributed by atoms with Gasteiger partial charge in [0.2, 0.25) is 5.91 Å². The van der Waals surface area contributed by atoms with Crippen LogP contribution in [0.25, 0.3) is 0 Å². The average molecular weight is 366 g/mol. The number of benzene rings is 1. The first-order chi connectivity index (χ1) is 12.5. The number of unbranched alkanes of at least 4 members (excludes halogenated alkanes) is 1. The van der Waals surface area contributed by atoms with Crippen LogP contribution in [0.1, 0.15) is 31.7 Å². The minimum atomic E-state index is -1.18. The second-order valence-electron chi connectivity index (χ2n) is 5.67. The molecule has 0 aliphatic heterocycles. The zero-order valence-electron chi connectivity index (χ0n) is 15.1. The molecule has 144 valence electrons. The molecule has 0 spiro atoms. The molecule has 1 aromatic carbocycles. The van der Waals surface area contributed by atoms with Gasteiger partial charge in [-0.3, -0.25) is 4.79 Å². The van der Waals surface area contributed by atoms with Gasteiger partial charge in [0, 0.05) is 0 Å². The van der Waals surface area contributed by atoms with E-state index in [1.165, 1.54) is 0 Å². The van der Waals surface area contributed by atoms with Crippen molar-refractivity contribution >= 4 is 18.0 Å². The molecule has 2 unspecified atom stereocenters. The van der Waals surface area contributed by atoms with Gasteiger partial charge in [0.15, 0.2) is 6.04 Å². The number of rotatable bonds is 10. The lowest BCUT2D eigenvalue weighted by Crippen LogP contribution is -2.53. The van der Waals surface area contributed by atoms with Crippen molar-refractivity contribution < 1.29 is 29.0 Å². The molecule has 8 heteroatoms. The third-order valence-electron chi connectivity index (χ3n) is 3.65. The van der Waals surface area contributed by atoms with Crippen molar-refractivity contribution in [3.8, 4) is 0 Å². The number of carbonyl (C=O) groups is 3. The van der Waals surface area contributed by atoms with Crippen molar-refractivity contribution in [2.75, 3.05) is 13.7 Å². The molecular weight excluding hydrogens is 340 g/mol. The number of hydrogen-bond acceptors (Lipinski definition) is 6. The SMILES string of the molecule is CCCCC(NC(=O)OCc1ccccc1)C(=O)NC(CO)C(=O)OC. The molecule has 3 N–H and O–H groups in total. The lowest BCUT2D eigenvalue weighted by atomic mass is 10.1. The van der Waals surface area contributed by atoms with E-state index in [2.05, 4.69) is 15.4 Å². The normalized spacial score (nSPS) is 12.6. The highest BCUT2D eigenvalue weighted by Crippen LogP contribution is 2.04. The Kier molecular flexibility index (Phi) is 9.78. The molecule has 8 nitrogen and oxygen atoms in total. The van der Waals surface area contributed by atoms with Crippen LogP contribution in [-0.2, 0) is 25.7 Å². The summed E-state index contributed by atoms with van der Waals surface area (Å²) in [6, 6.07) is 7.09. The summed E-state index contributed by atoms with van der Waals surface area (Å²) in [5, 5.41) is 14.1. The third kappa shape index (κ3) is 7.52. The van der Waals surface area contributed by atoms with E-state index in [9.17, 15) is 19.5 Å². The standard InChI is InChI=1S/C18H26N2O6/c1-3-4-10-14(16(22)19-15(11-21)17(23)25-2)20-18(24)26-12-13-8-6-5-7-9-13/h5-9,14-15,21H,3-4,10-12H2,1-2H3,(H,19,22)(H,20,24). The first-order valence-corrected chi connectivity index (χ1v) is 8.48. The molecule has 1 aromatic rings. The zero-order valence-corrected chi connectivity index (χ0v) is 15.1. The van der Waals surface area contributed by atoms with Gasteiger partial charge in [-0.15, -0.1) is 0 Å². The predicted octanol–water partition coefficient (Wildman–Crippen LogP) is 1.12. The molecule has 0 heterocycles. The summed E-state index contributed by atoms with van der Waals surface area (Å²) >= 11 is 0. The highest BCUT2D eigenvalue weighted by Gasteiger charge is 2.26. The number of carbonyl (C=O) groups excluding carboxylic acids is 3. The van der Waals surface area contributed by atoms with Gasteiger partial charge >= 0.3 is 12.1 Å². The molecule has 0 fully saturated rings. The number of esters is 1. The lowest BCUT2D eigenvalue weighted by molar-refractivity contribution is -0.146. The fourth-order valence-corrected chi connectivity index (χ4v) is 2.18. The monoisotopic (exact) mass is 366 g/mol. The Hall–Kier alpha value is -2.61. The first-order valence-electron chi connectivity index (χ1n) is 8.48. The van der Waals surface area contributed by atoms with Gasteiger partial charge in [-0.1, -0.05) is 50.1 Å². The second kappa shape index (κ2) is 11.9. The van der Waals surface area contributed by atoms with Crippen LogP contribution >= 0.6 is 0 Å². The number of methoxy groups -OCH3 is 1. The van der Waals surface area contributed by atoms with Crippen LogP contribution in [0.2, 0.25) is 0 Å². The molecular formula is C18H26N2O6. The minimum absolute atomic E-state index is 0.0796. The van der Waals surface area contributed by atoms with Crippen LogP contribution in [-0.4, -0.2) is 48.9 Å². The van der Waals surface area contributed by atoms with E-state index in [4.69, 9.17) is 4.74 Å². The number of aliphatic hydroxyl groups excluding tert-OH is 1. The van der Waals surface area contributed by atoms with Crippen LogP contribution in [0.3, 0.4) is 0 Å². The molecule has 2 amide bonds. The fourth-order valence-electron chi connectivity index (χ4n) is 2.18. The summed E-state index contributed by atoms with van der Waals surface area (Å²) in [5.74, 6) is -1.35. The molecule has 0 radical (unpaired) electrons. The van der Waals surface area contributed by atoms with Gasteiger partial charge in [-0.2, -0.15) is 0 Å². The topological polar surface area (TPSA) is 114 Å². The van der Waals surface area contributed by atoms with E-state index in [0.717, 1.165) is 19.1 Å². The number of aliphatic hydroxyl groups is 1. The first kappa shape index (κ1) is 21.4. The Morgan fingerprint density at radius 1 is 1.12 bits per heavy atom. The number of alkyl carbamates (subject to hydrolysis) is 1. The molecule has 0 aromatic heterocycles. The smallest absolute Gasteiger partial charge is 0.408 e. The van der Waals surface area contributed by atoms with E-state index in [0.29, 0.717) is 12.8 Å². The Balaban J connectivity index is 2.62. The van der Waals surface area contributed by atoms with Crippen molar-refractivity contribution in [2.24, 2.45) is 0 Å². The third-order valence-corrected chi connectivity index (χ3v) is 3.65. The Labute approximate surface area is 152 Å². The van der Waals surface area contributed by atoms with Crippen LogP contribution in [0.5, 0.6) is 0 Å². The maximum Gasteiger partial charge on any atom is 0.408 e. The molecule has 0 saturated heterocycles. The molecule has 0 aliphatic rings. The summed E-state index contributed by atoms with van der Waals surface area (Å²) in [5.41, 5.74) is 0.822. The summed E-state index contributed by atoms with van der Waals surface area (Å²) in [6.45, 7) is 1.43. The van der Waals surface area contributed by atoms with Crippen molar-refractivity contribution in [1.29, 1.82) is 0 Å². The molecule has 2 atom stereocenters. The largest absolute Gasteiger partial charge is 0.467 e. The van der Waals surface area contributed by atoms with E-state index in [1.807, 2.05) is 37.3 Å². The van der Waals surface area contributed by atoms with Crippen molar-refractivity contribution in [2.45, 2.75) is 44.9 Å². The van der Waals surface area contributed by atoms with Gasteiger partial charge in [0.05, 0.1) is 13.7 Å². The lowest BCUT2D eigenvalue weighted by Gasteiger charge is -2.21. The van der Waals surface area contributed by atoms with Gasteiger partial charge in [0.1, 0.15) is 12.6 Å². The highest BCUT2D eigenvalue weighted by atomic mass is 16.5. The highest BCUT2D eigenvalue weighted by molar-refractivity contribution is 5.89. The van der Waals surface area contributed by atoms with Crippen LogP contribution in [0.4, 0.5) is 4.79 Å². The molecule has 1 rings (SSSR count). The average Bonchev–Trinajstić information content (AvgIpc) is 2.67. The van der Waals surface area contributed by atoms with Crippen LogP contribution in [0.15, 0.2) is 30.3 Å². The van der Waals surface area contributed by atoms with Crippen molar-refractivity contribution in [3.05, 3.63) is 35.9 Å². The van der Waals surface area contributed by atoms with Gasteiger partial charge in [-0.25, -0.2) is 9.59 Å². The van der Waals surface area contributed by atoms with E-state index in [1.54, 1.807) is 0 Å². The van der Waals surface area contributed by atoms with Gasteiger partial charge < -0.3 is 25.2 Å². The van der Waals surface area contributed by atoms with Crippen molar-refractivity contribution in [3.63, 3.8) is 0 Å². The number of hydrogen-bond donors (Lipinski definition) is 3. The molecule has 0 aliphatic carbocycles. The van der Waals surface area contributed by atoms with Crippen molar-refractivity contribution in [1.82, 2.24) is 10.6 Å². The summed E-state index contributed by atoms with van der Waals surface area (Å²) in [4.78, 5) is 35.8. The summed E-state index contributed by atoms with van der Waals surface area (Å²) < 4.78 is 9.63.